The fourth-order valence-electron chi connectivity index (χ4n) is 2.45. The zero-order valence-electron chi connectivity index (χ0n) is 11.5. The minimum absolute atomic E-state index is 0.382. The summed E-state index contributed by atoms with van der Waals surface area (Å²) in [4.78, 5) is 13.2. The van der Waals surface area contributed by atoms with Crippen LogP contribution in [0, 0.1) is 0 Å². The van der Waals surface area contributed by atoms with Crippen molar-refractivity contribution in [1.82, 2.24) is 9.97 Å². The zero-order valence-corrected chi connectivity index (χ0v) is 12.2. The number of fused-ring (bicyclic) bond motifs is 2. The van der Waals surface area contributed by atoms with Crippen LogP contribution in [0.4, 0.5) is 17.2 Å². The van der Waals surface area contributed by atoms with Crippen molar-refractivity contribution in [3.8, 4) is 0 Å². The Hall–Kier alpha value is -2.72. The van der Waals surface area contributed by atoms with Crippen molar-refractivity contribution in [3.05, 3.63) is 77.2 Å². The Morgan fingerprint density at radius 1 is 0.864 bits per heavy atom. The number of rotatable bonds is 1. The molecule has 0 saturated heterocycles. The maximum atomic E-state index is 6.33. The maximum absolute atomic E-state index is 6.33. The van der Waals surface area contributed by atoms with E-state index in [1.165, 1.54) is 6.33 Å². The second-order valence-corrected chi connectivity index (χ2v) is 5.21. The second kappa shape index (κ2) is 5.24. The van der Waals surface area contributed by atoms with Crippen LogP contribution in [0.2, 0.25) is 5.15 Å². The number of nitrogens with one attached hydrogen (secondary N) is 1. The molecule has 1 aliphatic rings. The molecule has 22 heavy (non-hydrogen) atoms. The number of hydrogen-bond acceptors (Lipinski definition) is 4. The Kier molecular flexibility index (Phi) is 3.09. The fourth-order valence-corrected chi connectivity index (χ4v) is 2.68. The van der Waals surface area contributed by atoms with Gasteiger partial charge in [0.25, 0.3) is 0 Å². The van der Waals surface area contributed by atoms with Gasteiger partial charge in [-0.2, -0.15) is 0 Å². The molecule has 0 radical (unpaired) electrons. The first kappa shape index (κ1) is 13.0. The van der Waals surface area contributed by atoms with E-state index >= 15 is 0 Å². The molecule has 0 fully saturated rings. The first-order chi connectivity index (χ1) is 10.8. The van der Waals surface area contributed by atoms with Crippen molar-refractivity contribution < 1.29 is 0 Å². The molecule has 0 saturated carbocycles. The van der Waals surface area contributed by atoms with Crippen molar-refractivity contribution in [1.29, 1.82) is 0 Å². The topological polar surface area (TPSA) is 50.2 Å². The molecule has 0 spiro atoms. The van der Waals surface area contributed by atoms with Gasteiger partial charge < -0.3 is 5.32 Å². The predicted octanol–water partition coefficient (Wildman–Crippen LogP) is 4.36. The summed E-state index contributed by atoms with van der Waals surface area (Å²) in [6.45, 7) is 0. The molecule has 0 unspecified atom stereocenters. The molecule has 5 heteroatoms. The maximum Gasteiger partial charge on any atom is 0.144 e. The number of aromatic nitrogens is 2. The normalized spacial score (nSPS) is 12.5. The molecule has 4 rings (SSSR count). The molecule has 2 aromatic carbocycles. The molecule has 0 amide bonds. The van der Waals surface area contributed by atoms with Crippen LogP contribution >= 0.6 is 11.6 Å². The van der Waals surface area contributed by atoms with E-state index in [-0.39, 0.29) is 0 Å². The Labute approximate surface area is 132 Å². The summed E-state index contributed by atoms with van der Waals surface area (Å²) in [5.41, 5.74) is 4.18. The van der Waals surface area contributed by atoms with Gasteiger partial charge in [0.05, 0.1) is 22.6 Å². The Morgan fingerprint density at radius 2 is 1.64 bits per heavy atom. The minimum Gasteiger partial charge on any atom is -0.338 e. The highest BCUT2D eigenvalue weighted by Crippen LogP contribution is 2.36. The average Bonchev–Trinajstić information content (AvgIpc) is 2.73. The van der Waals surface area contributed by atoms with E-state index in [0.717, 1.165) is 22.6 Å². The third kappa shape index (κ3) is 2.14. The van der Waals surface area contributed by atoms with Crippen molar-refractivity contribution in [2.24, 2.45) is 4.99 Å². The first-order valence-corrected chi connectivity index (χ1v) is 7.22. The standard InChI is InChI=1S/C17H11ClN4/c18-16-14-15(11-6-2-1-3-7-11)21-12-8-4-5-9-13(12)22-17(14)20-10-19-16/h1-10H,(H,19,20,22). The summed E-state index contributed by atoms with van der Waals surface area (Å²) in [6.07, 6.45) is 1.45. The van der Waals surface area contributed by atoms with Gasteiger partial charge in [0.2, 0.25) is 0 Å². The highest BCUT2D eigenvalue weighted by Gasteiger charge is 2.22. The van der Waals surface area contributed by atoms with Crippen molar-refractivity contribution in [3.63, 3.8) is 0 Å². The number of anilines is 2. The summed E-state index contributed by atoms with van der Waals surface area (Å²) in [5, 5.41) is 3.68. The van der Waals surface area contributed by atoms with Crippen LogP contribution < -0.4 is 5.32 Å². The van der Waals surface area contributed by atoms with Gasteiger partial charge in [-0.25, -0.2) is 15.0 Å². The third-order valence-electron chi connectivity index (χ3n) is 3.47. The van der Waals surface area contributed by atoms with E-state index < -0.39 is 0 Å². The molecule has 106 valence electrons. The van der Waals surface area contributed by atoms with Gasteiger partial charge in [0.15, 0.2) is 0 Å². The van der Waals surface area contributed by atoms with Crippen molar-refractivity contribution >= 4 is 34.5 Å². The van der Waals surface area contributed by atoms with Crippen LogP contribution in [0.5, 0.6) is 0 Å². The number of benzene rings is 2. The molecule has 1 aromatic heterocycles. The molecular weight excluding hydrogens is 296 g/mol. The molecular formula is C17H11ClN4. The van der Waals surface area contributed by atoms with Crippen molar-refractivity contribution in [2.75, 3.05) is 5.32 Å². The van der Waals surface area contributed by atoms with Crippen molar-refractivity contribution in [2.45, 2.75) is 0 Å². The molecule has 1 aliphatic heterocycles. The monoisotopic (exact) mass is 306 g/mol. The first-order valence-electron chi connectivity index (χ1n) is 6.84. The van der Waals surface area contributed by atoms with E-state index in [1.54, 1.807) is 0 Å². The van der Waals surface area contributed by atoms with Gasteiger partial charge in [-0.15, -0.1) is 0 Å². The van der Waals surface area contributed by atoms with E-state index in [9.17, 15) is 0 Å². The van der Waals surface area contributed by atoms with Crippen LogP contribution in [0.25, 0.3) is 0 Å². The van der Waals surface area contributed by atoms with Gasteiger partial charge >= 0.3 is 0 Å². The van der Waals surface area contributed by atoms with Gasteiger partial charge in [-0.3, -0.25) is 0 Å². The van der Waals surface area contributed by atoms with E-state index in [2.05, 4.69) is 15.3 Å². The van der Waals surface area contributed by atoms with Gasteiger partial charge in [0, 0.05) is 5.56 Å². The summed E-state index contributed by atoms with van der Waals surface area (Å²) in [7, 11) is 0. The van der Waals surface area contributed by atoms with Gasteiger partial charge in [-0.1, -0.05) is 54.1 Å². The largest absolute Gasteiger partial charge is 0.338 e. The lowest BCUT2D eigenvalue weighted by atomic mass is 10.0. The molecule has 0 aliphatic carbocycles. The average molecular weight is 307 g/mol. The smallest absolute Gasteiger partial charge is 0.144 e. The third-order valence-corrected chi connectivity index (χ3v) is 3.76. The quantitative estimate of drug-likeness (QED) is 0.532. The van der Waals surface area contributed by atoms with Crippen LogP contribution in [0.3, 0.4) is 0 Å². The zero-order chi connectivity index (χ0) is 14.9. The lowest BCUT2D eigenvalue weighted by Gasteiger charge is -2.10. The summed E-state index contributed by atoms with van der Waals surface area (Å²) >= 11 is 6.33. The summed E-state index contributed by atoms with van der Waals surface area (Å²) < 4.78 is 0. The second-order valence-electron chi connectivity index (χ2n) is 4.86. The number of para-hydroxylation sites is 2. The highest BCUT2D eigenvalue weighted by molar-refractivity contribution is 6.35. The van der Waals surface area contributed by atoms with Gasteiger partial charge in [0.1, 0.15) is 17.3 Å². The highest BCUT2D eigenvalue weighted by atomic mass is 35.5. The number of hydrogen-bond donors (Lipinski definition) is 1. The molecule has 4 nitrogen and oxygen atoms in total. The lowest BCUT2D eigenvalue weighted by molar-refractivity contribution is 1.16. The fraction of sp³-hybridized carbons (Fsp3) is 0. The van der Waals surface area contributed by atoms with Gasteiger partial charge in [-0.05, 0) is 12.1 Å². The lowest BCUT2D eigenvalue weighted by Crippen LogP contribution is -2.08. The van der Waals surface area contributed by atoms with Crippen LogP contribution in [-0.2, 0) is 0 Å². The SMILES string of the molecule is Clc1ncnc2c1C(c1ccccc1)=Nc1ccccc1N2. The number of aliphatic imine (C=N–C) groups is 1. The molecule has 2 heterocycles. The Bertz CT molecular complexity index is 875. The number of nitrogens with zero attached hydrogens (tertiary/aromatic N) is 3. The molecule has 1 N–H and O–H groups in total. The predicted molar refractivity (Wildman–Crippen MR) is 88.5 cm³/mol. The summed E-state index contributed by atoms with van der Waals surface area (Å²) in [6, 6.07) is 17.7. The molecule has 0 bridgehead atoms. The van der Waals surface area contributed by atoms with Crippen LogP contribution in [0.1, 0.15) is 11.1 Å². The van der Waals surface area contributed by atoms with E-state index in [4.69, 9.17) is 16.6 Å². The van der Waals surface area contributed by atoms with Crippen LogP contribution in [-0.4, -0.2) is 15.7 Å². The van der Waals surface area contributed by atoms with E-state index in [0.29, 0.717) is 16.5 Å². The molecule has 0 atom stereocenters. The Morgan fingerprint density at radius 3 is 2.50 bits per heavy atom. The van der Waals surface area contributed by atoms with E-state index in [1.807, 2.05) is 54.6 Å². The van der Waals surface area contributed by atoms with Crippen LogP contribution in [0.15, 0.2) is 65.9 Å². The summed E-state index contributed by atoms with van der Waals surface area (Å²) in [5.74, 6) is 0.660. The minimum atomic E-state index is 0.382. The number of halogens is 1. The Balaban J connectivity index is 2.04. The molecule has 3 aromatic rings.